The second-order valence-electron chi connectivity index (χ2n) is 22.0. The highest BCUT2D eigenvalue weighted by Gasteiger charge is 2.23. The molecular weight excluding hydrogens is 1010 g/mol. The first kappa shape index (κ1) is 45.8. The quantitative estimate of drug-likeness (QED) is 0.156. The molecule has 0 aliphatic carbocycles. The number of rotatable bonds is 6. The molecule has 0 aliphatic heterocycles. The third-order valence-electron chi connectivity index (χ3n) is 17.7. The van der Waals surface area contributed by atoms with Crippen LogP contribution in [0.3, 0.4) is 0 Å². The Morgan fingerprint density at radius 3 is 1.11 bits per heavy atom. The molecule has 384 valence electrons. The average Bonchev–Trinajstić information content (AvgIpc) is 4.37. The minimum absolute atomic E-state index is 0.861. The first-order valence-electron chi connectivity index (χ1n) is 28.5. The molecule has 15 aromatic carbocycles. The van der Waals surface area contributed by atoms with Crippen LogP contribution in [-0.2, 0) is 0 Å². The molecule has 3 heterocycles. The molecule has 18 rings (SSSR count). The van der Waals surface area contributed by atoms with Crippen molar-refractivity contribution in [2.45, 2.75) is 0 Å². The van der Waals surface area contributed by atoms with E-state index in [-0.39, 0.29) is 0 Å². The van der Waals surface area contributed by atoms with Gasteiger partial charge in [0.15, 0.2) is 0 Å². The summed E-state index contributed by atoms with van der Waals surface area (Å²) in [6.07, 6.45) is 0. The number of furan rings is 3. The molecule has 0 atom stereocenters. The lowest BCUT2D eigenvalue weighted by molar-refractivity contribution is 0.668. The van der Waals surface area contributed by atoms with Crippen molar-refractivity contribution in [2.24, 2.45) is 0 Å². The monoisotopic (exact) mass is 1050 g/mol. The SMILES string of the molecule is c1ccc2c(c1)oc1ccc(-c3c4ccccc4c(-c4ccc5oc6c(-c7cccc8c(-c9c%10ccccc%10c(-c%10ccc(-c%11cccc%12oc%13ccccc%13c%11%12)cc%10)c%10ccccc9%10)cccc78)cccc6c5c4)c4ccccc34)cc12. The van der Waals surface area contributed by atoms with E-state index in [1.165, 1.54) is 98.4 Å². The Kier molecular flexibility index (Phi) is 9.80. The molecule has 0 radical (unpaired) electrons. The molecule has 0 N–H and O–H groups in total. The number of hydrogen-bond donors (Lipinski definition) is 0. The van der Waals surface area contributed by atoms with Gasteiger partial charge < -0.3 is 13.3 Å². The molecule has 18 aromatic rings. The lowest BCUT2D eigenvalue weighted by Crippen LogP contribution is -1.92. The maximum absolute atomic E-state index is 7.03. The standard InChI is InChI=1S/C80H46O3/c1-3-20-59-57(18-1)76(49-41-43-72-68(45-49)55-17-9-11-34-70(55)81-72)58-19-2-4-21-60(58)77(59)50-42-44-73-69(46-50)66-33-15-32-65(80(66)83-73)54-30-13-29-53-52(54)28-14-31-56(53)78-63-24-7-5-22-61(63)75(62-23-6-8-25-64(62)78)48-39-37-47(38-40-48)51-27-16-36-74-79(51)67-26-10-12-35-71(67)82-74/h1-46H. The molecule has 3 heteroatoms. The van der Waals surface area contributed by atoms with Crippen LogP contribution in [0.2, 0.25) is 0 Å². The molecule has 0 amide bonds. The van der Waals surface area contributed by atoms with Gasteiger partial charge in [0.05, 0.1) is 0 Å². The van der Waals surface area contributed by atoms with Gasteiger partial charge in [-0.3, -0.25) is 0 Å². The van der Waals surface area contributed by atoms with Crippen molar-refractivity contribution in [3.05, 3.63) is 279 Å². The zero-order valence-corrected chi connectivity index (χ0v) is 44.8. The van der Waals surface area contributed by atoms with Gasteiger partial charge in [0.2, 0.25) is 0 Å². The fraction of sp³-hybridized carbons (Fsp3) is 0. The third kappa shape index (κ3) is 6.80. The van der Waals surface area contributed by atoms with E-state index in [1.54, 1.807) is 0 Å². The van der Waals surface area contributed by atoms with Crippen LogP contribution >= 0.6 is 0 Å². The van der Waals surface area contributed by atoms with Crippen molar-refractivity contribution in [2.75, 3.05) is 0 Å². The lowest BCUT2D eigenvalue weighted by atomic mass is 9.84. The van der Waals surface area contributed by atoms with Gasteiger partial charge in [0.1, 0.15) is 33.5 Å². The van der Waals surface area contributed by atoms with Gasteiger partial charge in [0.25, 0.3) is 0 Å². The molecule has 0 bridgehead atoms. The Morgan fingerprint density at radius 1 is 0.169 bits per heavy atom. The number of benzene rings is 15. The lowest BCUT2D eigenvalue weighted by Gasteiger charge is -2.19. The second kappa shape index (κ2) is 17.7. The van der Waals surface area contributed by atoms with Crippen LogP contribution in [0.15, 0.2) is 292 Å². The van der Waals surface area contributed by atoms with Crippen LogP contribution in [0.4, 0.5) is 0 Å². The molecule has 0 unspecified atom stereocenters. The van der Waals surface area contributed by atoms with Crippen molar-refractivity contribution in [1.29, 1.82) is 0 Å². The fourth-order valence-electron chi connectivity index (χ4n) is 14.1. The molecule has 3 aromatic heterocycles. The van der Waals surface area contributed by atoms with E-state index in [1.807, 2.05) is 24.3 Å². The van der Waals surface area contributed by atoms with Crippen molar-refractivity contribution >= 4 is 120 Å². The smallest absolute Gasteiger partial charge is 0.143 e. The summed E-state index contributed by atoms with van der Waals surface area (Å²) in [4.78, 5) is 0. The summed E-state index contributed by atoms with van der Waals surface area (Å²) in [6.45, 7) is 0. The predicted octanol–water partition coefficient (Wildman–Crippen LogP) is 23.2. The van der Waals surface area contributed by atoms with Crippen LogP contribution in [0.5, 0.6) is 0 Å². The highest BCUT2D eigenvalue weighted by Crippen LogP contribution is 2.50. The largest absolute Gasteiger partial charge is 0.456 e. The summed E-state index contributed by atoms with van der Waals surface area (Å²) in [7, 11) is 0. The molecule has 0 aliphatic rings. The summed E-state index contributed by atoms with van der Waals surface area (Å²) < 4.78 is 19.6. The van der Waals surface area contributed by atoms with Gasteiger partial charge in [-0.25, -0.2) is 0 Å². The van der Waals surface area contributed by atoms with Crippen molar-refractivity contribution in [3.63, 3.8) is 0 Å². The molecule has 0 fully saturated rings. The normalized spacial score (nSPS) is 12.1. The van der Waals surface area contributed by atoms with E-state index < -0.39 is 0 Å². The topological polar surface area (TPSA) is 39.4 Å². The maximum Gasteiger partial charge on any atom is 0.143 e. The Labute approximate surface area is 476 Å². The summed E-state index contributed by atoms with van der Waals surface area (Å²) in [5, 5.41) is 18.8. The van der Waals surface area contributed by atoms with E-state index in [2.05, 4.69) is 255 Å². The van der Waals surface area contributed by atoms with Gasteiger partial charge in [0, 0.05) is 37.9 Å². The van der Waals surface area contributed by atoms with Crippen LogP contribution < -0.4 is 0 Å². The predicted molar refractivity (Wildman–Crippen MR) is 348 cm³/mol. The fourth-order valence-corrected chi connectivity index (χ4v) is 14.1. The minimum atomic E-state index is 0.861. The Bertz CT molecular complexity index is 5640. The second-order valence-corrected chi connectivity index (χ2v) is 22.0. The highest BCUT2D eigenvalue weighted by molar-refractivity contribution is 6.26. The molecule has 0 saturated carbocycles. The van der Waals surface area contributed by atoms with Crippen LogP contribution in [0.25, 0.3) is 186 Å². The van der Waals surface area contributed by atoms with Crippen LogP contribution in [0, 0.1) is 0 Å². The van der Waals surface area contributed by atoms with Crippen molar-refractivity contribution < 1.29 is 13.3 Å². The molecular formula is C80H46O3. The van der Waals surface area contributed by atoms with E-state index in [4.69, 9.17) is 13.3 Å². The summed E-state index contributed by atoms with van der Waals surface area (Å²) in [6, 6.07) is 101. The van der Waals surface area contributed by atoms with Gasteiger partial charge in [-0.2, -0.15) is 0 Å². The molecule has 0 saturated heterocycles. The van der Waals surface area contributed by atoms with Gasteiger partial charge in [-0.05, 0) is 158 Å². The zero-order valence-electron chi connectivity index (χ0n) is 44.8. The van der Waals surface area contributed by atoms with Crippen molar-refractivity contribution in [1.82, 2.24) is 0 Å². The Balaban J connectivity index is 0.766. The maximum atomic E-state index is 7.03. The van der Waals surface area contributed by atoms with E-state index in [0.717, 1.165) is 88.1 Å². The van der Waals surface area contributed by atoms with Crippen molar-refractivity contribution in [3.8, 4) is 66.8 Å². The van der Waals surface area contributed by atoms with E-state index in [0.29, 0.717) is 0 Å². The summed E-state index contributed by atoms with van der Waals surface area (Å²) in [5.41, 5.74) is 19.5. The molecule has 0 spiro atoms. The van der Waals surface area contributed by atoms with E-state index >= 15 is 0 Å². The number of para-hydroxylation sites is 3. The van der Waals surface area contributed by atoms with Crippen LogP contribution in [0.1, 0.15) is 0 Å². The van der Waals surface area contributed by atoms with Gasteiger partial charge >= 0.3 is 0 Å². The summed E-state index contributed by atoms with van der Waals surface area (Å²) in [5.74, 6) is 0. The zero-order chi connectivity index (χ0) is 54.3. The van der Waals surface area contributed by atoms with E-state index in [9.17, 15) is 0 Å². The first-order valence-corrected chi connectivity index (χ1v) is 28.5. The van der Waals surface area contributed by atoms with Gasteiger partial charge in [-0.15, -0.1) is 0 Å². The van der Waals surface area contributed by atoms with Crippen LogP contribution in [-0.4, -0.2) is 0 Å². The highest BCUT2D eigenvalue weighted by atomic mass is 16.3. The van der Waals surface area contributed by atoms with Gasteiger partial charge in [-0.1, -0.05) is 237 Å². The Morgan fingerprint density at radius 2 is 0.518 bits per heavy atom. The third-order valence-corrected chi connectivity index (χ3v) is 17.7. The Hall–Kier alpha value is -11.0. The molecule has 83 heavy (non-hydrogen) atoms. The first-order chi connectivity index (χ1) is 41.2. The number of hydrogen-bond acceptors (Lipinski definition) is 3. The number of fused-ring (bicyclic) bond motifs is 14. The minimum Gasteiger partial charge on any atom is -0.456 e. The average molecular weight is 1060 g/mol. The summed E-state index contributed by atoms with van der Waals surface area (Å²) >= 11 is 0. The molecule has 3 nitrogen and oxygen atoms in total.